The molecule has 35 heavy (non-hydrogen) atoms. The molecule has 1 fully saturated rings. The van der Waals surface area contributed by atoms with Gasteiger partial charge in [-0.3, -0.25) is 4.57 Å². The van der Waals surface area contributed by atoms with Gasteiger partial charge in [0, 0.05) is 35.9 Å². The van der Waals surface area contributed by atoms with E-state index in [0.29, 0.717) is 29.8 Å². The molecule has 3 unspecified atom stereocenters. The number of aliphatic hydroxyl groups is 2. The second-order valence-electron chi connectivity index (χ2n) is 8.73. The van der Waals surface area contributed by atoms with Gasteiger partial charge in [0.2, 0.25) is 0 Å². The normalized spacial score (nSPS) is 22.6. The molecule has 0 amide bonds. The summed E-state index contributed by atoms with van der Waals surface area (Å²) in [6.45, 7) is 1.16. The van der Waals surface area contributed by atoms with Crippen LogP contribution in [0.2, 0.25) is 0 Å². The number of anilines is 1. The quantitative estimate of drug-likeness (QED) is 0.269. The predicted octanol–water partition coefficient (Wildman–Crippen LogP) is 1.35. The van der Waals surface area contributed by atoms with E-state index < -0.39 is 17.9 Å². The first-order chi connectivity index (χ1) is 17.0. The van der Waals surface area contributed by atoms with Gasteiger partial charge in [0.1, 0.15) is 29.9 Å². The lowest BCUT2D eigenvalue weighted by Gasteiger charge is -2.28. The lowest BCUT2D eigenvalue weighted by molar-refractivity contribution is -0.107. The van der Waals surface area contributed by atoms with E-state index >= 15 is 0 Å². The minimum Gasteiger partial charge on any atom is -0.385 e. The second kappa shape index (κ2) is 8.24. The van der Waals surface area contributed by atoms with E-state index in [1.807, 2.05) is 34.9 Å². The number of imidazole rings is 1. The first-order valence-electron chi connectivity index (χ1n) is 11.3. The molecule has 0 spiro atoms. The van der Waals surface area contributed by atoms with Crippen molar-refractivity contribution in [1.29, 1.82) is 0 Å². The van der Waals surface area contributed by atoms with Gasteiger partial charge in [0.05, 0.1) is 18.5 Å². The van der Waals surface area contributed by atoms with Crippen LogP contribution in [0, 0.1) is 5.82 Å². The van der Waals surface area contributed by atoms with Gasteiger partial charge >= 0.3 is 0 Å². The molecule has 1 saturated heterocycles. The zero-order valence-corrected chi connectivity index (χ0v) is 18.7. The summed E-state index contributed by atoms with van der Waals surface area (Å²) in [5.41, 5.74) is 6.25. The first kappa shape index (κ1) is 21.9. The third-order valence-corrected chi connectivity index (χ3v) is 6.71. The maximum Gasteiger partial charge on any atom is 0.197 e. The number of nitrogen functional groups attached to an aromatic ring is 1. The van der Waals surface area contributed by atoms with Crippen molar-refractivity contribution >= 4 is 38.8 Å². The smallest absolute Gasteiger partial charge is 0.197 e. The Kier molecular flexibility index (Phi) is 5.15. The molecule has 0 aliphatic carbocycles. The molecule has 6 rings (SSSR count). The number of para-hydroxylation sites is 2. The molecule has 0 radical (unpaired) electrons. The molecule has 2 aromatic carbocycles. The van der Waals surface area contributed by atoms with Crippen LogP contribution in [0.15, 0.2) is 55.1 Å². The highest BCUT2D eigenvalue weighted by atomic mass is 19.1. The lowest BCUT2D eigenvalue weighted by Crippen LogP contribution is -2.48. The molecule has 1 aliphatic rings. The van der Waals surface area contributed by atoms with Crippen LogP contribution in [-0.2, 0) is 17.0 Å². The van der Waals surface area contributed by atoms with Crippen molar-refractivity contribution in [2.75, 3.05) is 25.4 Å². The van der Waals surface area contributed by atoms with Gasteiger partial charge in [0.25, 0.3) is 0 Å². The van der Waals surface area contributed by atoms with Crippen LogP contribution < -0.4 is 11.1 Å². The molecule has 0 bridgehead atoms. The third-order valence-electron chi connectivity index (χ3n) is 6.71. The highest BCUT2D eigenvalue weighted by molar-refractivity contribution is 6.08. The van der Waals surface area contributed by atoms with Crippen molar-refractivity contribution in [2.24, 2.45) is 0 Å². The van der Waals surface area contributed by atoms with Crippen LogP contribution >= 0.6 is 0 Å². The van der Waals surface area contributed by atoms with E-state index in [0.717, 1.165) is 16.3 Å². The molecule has 3 atom stereocenters. The van der Waals surface area contributed by atoms with Crippen LogP contribution in [-0.4, -0.2) is 66.2 Å². The van der Waals surface area contributed by atoms with Crippen LogP contribution in [0.3, 0.4) is 0 Å². The maximum atomic E-state index is 14.7. The Morgan fingerprint density at radius 1 is 1.14 bits per heavy atom. The Balaban J connectivity index is 1.17. The average Bonchev–Trinajstić information content (AvgIpc) is 3.53. The summed E-state index contributed by atoms with van der Waals surface area (Å²) in [6.07, 6.45) is 0.730. The van der Waals surface area contributed by atoms with Gasteiger partial charge in [-0.2, -0.15) is 0 Å². The highest BCUT2D eigenvalue weighted by Crippen LogP contribution is 2.33. The Labute approximate surface area is 198 Å². The zero-order valence-electron chi connectivity index (χ0n) is 18.7. The van der Waals surface area contributed by atoms with E-state index in [-0.39, 0.29) is 24.8 Å². The number of nitrogens with two attached hydrogens (primary N) is 1. The predicted molar refractivity (Wildman–Crippen MR) is 128 cm³/mol. The number of halogens is 1. The monoisotopic (exact) mass is 477 g/mol. The van der Waals surface area contributed by atoms with Gasteiger partial charge in [0.15, 0.2) is 17.2 Å². The van der Waals surface area contributed by atoms with Crippen LogP contribution in [0.1, 0.15) is 0 Å². The fourth-order valence-electron chi connectivity index (χ4n) is 4.95. The van der Waals surface area contributed by atoms with Crippen molar-refractivity contribution in [3.63, 3.8) is 0 Å². The van der Waals surface area contributed by atoms with Crippen molar-refractivity contribution in [1.82, 2.24) is 29.4 Å². The lowest BCUT2D eigenvalue weighted by atomic mass is 10.1. The Morgan fingerprint density at radius 3 is 2.86 bits per heavy atom. The number of ether oxygens (including phenoxy) is 1. The van der Waals surface area contributed by atoms with Crippen molar-refractivity contribution in [2.45, 2.75) is 24.5 Å². The van der Waals surface area contributed by atoms with Crippen LogP contribution in [0.5, 0.6) is 0 Å². The van der Waals surface area contributed by atoms with Gasteiger partial charge in [-0.15, -0.1) is 0 Å². The summed E-state index contributed by atoms with van der Waals surface area (Å²) in [7, 11) is 0. The molecule has 10 nitrogen and oxygen atoms in total. The fourth-order valence-corrected chi connectivity index (χ4v) is 4.95. The van der Waals surface area contributed by atoms with E-state index in [2.05, 4.69) is 20.3 Å². The van der Waals surface area contributed by atoms with Gasteiger partial charge in [-0.25, -0.2) is 19.3 Å². The number of aromatic nitrogens is 5. The maximum absolute atomic E-state index is 14.7. The summed E-state index contributed by atoms with van der Waals surface area (Å²) in [6, 6.07) is 13.0. The molecule has 11 heteroatoms. The zero-order chi connectivity index (χ0) is 24.2. The van der Waals surface area contributed by atoms with Crippen LogP contribution in [0.25, 0.3) is 33.0 Å². The SMILES string of the molecule is Nc1ncnc2c1ncn2C1(O)COC(CNCCn2c3ccccc3c3cccc(F)c32)C1O. The van der Waals surface area contributed by atoms with E-state index in [1.54, 1.807) is 6.07 Å². The average molecular weight is 478 g/mol. The summed E-state index contributed by atoms with van der Waals surface area (Å²) in [4.78, 5) is 12.2. The Morgan fingerprint density at radius 2 is 1.97 bits per heavy atom. The topological polar surface area (TPSA) is 136 Å². The molecule has 1 aliphatic heterocycles. The van der Waals surface area contributed by atoms with Crippen molar-refractivity contribution in [3.8, 4) is 0 Å². The largest absolute Gasteiger partial charge is 0.385 e. The summed E-state index contributed by atoms with van der Waals surface area (Å²) in [5.74, 6) is -0.0826. The molecule has 5 N–H and O–H groups in total. The Bertz CT molecular complexity index is 1550. The molecular formula is C24H24FN7O3. The summed E-state index contributed by atoms with van der Waals surface area (Å²) >= 11 is 0. The number of hydrogen-bond donors (Lipinski definition) is 4. The van der Waals surface area contributed by atoms with E-state index in [1.165, 1.54) is 23.3 Å². The molecular weight excluding hydrogens is 453 g/mol. The highest BCUT2D eigenvalue weighted by Gasteiger charge is 2.50. The van der Waals surface area contributed by atoms with Gasteiger partial charge in [-0.1, -0.05) is 30.3 Å². The number of nitrogens with one attached hydrogen (secondary N) is 1. The standard InChI is InChI=1S/C24H24FN7O3/c25-16-6-3-5-15-14-4-1-2-7-17(14)31(20(15)16)9-8-27-10-18-21(33)24(34,11-35-18)32-13-30-19-22(26)28-12-29-23(19)32/h1-7,12-13,18,21,27,33-34H,8-11H2,(H2,26,28,29). The molecule has 3 aromatic heterocycles. The molecule has 0 saturated carbocycles. The Hall–Kier alpha value is -3.64. The number of nitrogens with zero attached hydrogens (tertiary/aromatic N) is 5. The third kappa shape index (κ3) is 3.35. The van der Waals surface area contributed by atoms with Crippen molar-refractivity contribution < 1.29 is 19.3 Å². The number of aliphatic hydroxyl groups excluding tert-OH is 1. The van der Waals surface area contributed by atoms with Crippen LogP contribution in [0.4, 0.5) is 10.2 Å². The van der Waals surface area contributed by atoms with E-state index in [9.17, 15) is 14.6 Å². The first-order valence-corrected chi connectivity index (χ1v) is 11.3. The van der Waals surface area contributed by atoms with Gasteiger partial charge in [-0.05, 0) is 12.1 Å². The number of hydrogen-bond acceptors (Lipinski definition) is 8. The van der Waals surface area contributed by atoms with E-state index in [4.69, 9.17) is 10.5 Å². The number of fused-ring (bicyclic) bond motifs is 4. The number of rotatable bonds is 6. The van der Waals surface area contributed by atoms with Gasteiger partial charge < -0.3 is 30.6 Å². The summed E-state index contributed by atoms with van der Waals surface area (Å²) < 4.78 is 23.8. The second-order valence-corrected chi connectivity index (χ2v) is 8.73. The minimum atomic E-state index is -1.75. The molecule has 4 heterocycles. The molecule has 180 valence electrons. The summed E-state index contributed by atoms with van der Waals surface area (Å²) in [5, 5.41) is 27.3. The fraction of sp³-hybridized carbons (Fsp3) is 0.292. The number of benzene rings is 2. The minimum absolute atomic E-state index is 0.145. The van der Waals surface area contributed by atoms with Crippen molar-refractivity contribution in [3.05, 3.63) is 60.9 Å². The molecule has 5 aromatic rings.